The van der Waals surface area contributed by atoms with E-state index in [9.17, 15) is 14.8 Å². The van der Waals surface area contributed by atoms with Crippen molar-refractivity contribution in [3.8, 4) is 22.5 Å². The van der Waals surface area contributed by atoms with E-state index in [0.717, 1.165) is 47.9 Å². The van der Waals surface area contributed by atoms with Crippen molar-refractivity contribution < 1.29 is 33.6 Å². The lowest BCUT2D eigenvalue weighted by atomic mass is 9.98. The molecule has 1 unspecified atom stereocenters. The fourth-order valence-corrected chi connectivity index (χ4v) is 5.51. The fraction of sp³-hybridized carbons (Fsp3) is 0.438. The van der Waals surface area contributed by atoms with Crippen molar-refractivity contribution in [3.05, 3.63) is 76.0 Å². The molecule has 2 aromatic carbocycles. The molecule has 0 spiro atoms. The Morgan fingerprint density at radius 3 is 2.53 bits per heavy atom. The molecule has 1 fully saturated rings. The Morgan fingerprint density at radius 2 is 1.82 bits per heavy atom. The Morgan fingerprint density at radius 1 is 1.06 bits per heavy atom. The Balaban J connectivity index is 1.18. The van der Waals surface area contributed by atoms with Gasteiger partial charge in [0.05, 0.1) is 24.7 Å². The summed E-state index contributed by atoms with van der Waals surface area (Å²) in [6, 6.07) is 15.7. The normalized spacial score (nSPS) is 13.7. The van der Waals surface area contributed by atoms with Gasteiger partial charge in [-0.3, -0.25) is 0 Å². The first-order chi connectivity index (χ1) is 23.8. The lowest BCUT2D eigenvalue weighted by Crippen LogP contribution is -2.27. The van der Waals surface area contributed by atoms with E-state index < -0.39 is 18.4 Å². The molecular weight excluding hydrogens is 658 g/mol. The highest BCUT2D eigenvalue weighted by molar-refractivity contribution is 6.32. The molecule has 1 N–H and O–H groups in total. The molecule has 5 rings (SSSR count). The van der Waals surface area contributed by atoms with Crippen molar-refractivity contribution in [3.63, 3.8) is 0 Å². The number of carbonyl (C=O) groups excluding carboxylic acids is 2. The monoisotopic (exact) mass is 695 g/mol. The second-order valence-corrected chi connectivity index (χ2v) is 11.6. The number of aryl methyl sites for hydroxylation is 1. The molecule has 49 heavy (non-hydrogen) atoms. The summed E-state index contributed by atoms with van der Waals surface area (Å²) >= 11 is 6.49. The summed E-state index contributed by atoms with van der Waals surface area (Å²) in [5, 5.41) is 31.0. The first-order valence-corrected chi connectivity index (χ1v) is 16.5. The van der Waals surface area contributed by atoms with E-state index in [2.05, 4.69) is 37.8 Å². The van der Waals surface area contributed by atoms with Crippen molar-refractivity contribution in [2.24, 2.45) is 5.28 Å². The molecule has 1 aliphatic rings. The van der Waals surface area contributed by atoms with Crippen LogP contribution in [0.5, 0.6) is 0 Å². The molecule has 2 aromatic heterocycles. The van der Waals surface area contributed by atoms with E-state index >= 15 is 0 Å². The molecule has 0 radical (unpaired) electrons. The van der Waals surface area contributed by atoms with Crippen LogP contribution in [0, 0.1) is 5.21 Å². The molecular formula is C32H38ClN9O7. The zero-order valence-corrected chi connectivity index (χ0v) is 28.0. The molecule has 0 bridgehead atoms. The number of aromatic amines is 1. The summed E-state index contributed by atoms with van der Waals surface area (Å²) in [5.41, 5.74) is 3.71. The van der Waals surface area contributed by atoms with Gasteiger partial charge in [0.15, 0.2) is 16.7 Å². The van der Waals surface area contributed by atoms with Gasteiger partial charge in [-0.1, -0.05) is 73.5 Å². The average molecular weight is 696 g/mol. The molecule has 0 aliphatic carbocycles. The van der Waals surface area contributed by atoms with Gasteiger partial charge in [-0.05, 0) is 46.4 Å². The second kappa shape index (κ2) is 17.2. The minimum atomic E-state index is -1.28. The number of nitrogens with zero attached hydrogens (tertiary/aromatic N) is 8. The minimum absolute atomic E-state index is 0.0103. The van der Waals surface area contributed by atoms with E-state index in [1.807, 2.05) is 48.5 Å². The molecule has 260 valence electrons. The van der Waals surface area contributed by atoms with Crippen LogP contribution >= 0.6 is 11.6 Å². The number of hydrogen-bond donors (Lipinski definition) is 1. The average Bonchev–Trinajstić information content (AvgIpc) is 3.88. The number of carbonyl (C=O) groups is 2. The zero-order chi connectivity index (χ0) is 34.6. The minimum Gasteiger partial charge on any atom is -0.569 e. The lowest BCUT2D eigenvalue weighted by Gasteiger charge is -2.16. The van der Waals surface area contributed by atoms with Crippen LogP contribution in [-0.2, 0) is 32.0 Å². The maximum atomic E-state index is 13.3. The predicted molar refractivity (Wildman–Crippen MR) is 175 cm³/mol. The largest absolute Gasteiger partial charge is 0.569 e. The summed E-state index contributed by atoms with van der Waals surface area (Å²) < 4.78 is 17.3. The van der Waals surface area contributed by atoms with E-state index in [0.29, 0.717) is 42.7 Å². The van der Waals surface area contributed by atoms with Crippen molar-refractivity contribution in [1.29, 1.82) is 0 Å². The van der Waals surface area contributed by atoms with Gasteiger partial charge in [-0.15, -0.1) is 10.1 Å². The number of tetrazole rings is 1. The molecule has 3 heterocycles. The number of ether oxygens (including phenoxy) is 3. The highest BCUT2D eigenvalue weighted by Gasteiger charge is 2.26. The molecule has 1 saturated heterocycles. The van der Waals surface area contributed by atoms with Crippen LogP contribution in [0.2, 0.25) is 5.15 Å². The Bertz CT molecular complexity index is 1710. The van der Waals surface area contributed by atoms with E-state index in [1.54, 1.807) is 4.57 Å². The summed E-state index contributed by atoms with van der Waals surface area (Å²) in [4.78, 5) is 35.4. The van der Waals surface area contributed by atoms with Crippen molar-refractivity contribution >= 4 is 23.7 Å². The number of hydrazine groups is 1. The number of aromatic nitrogens is 6. The Hall–Kier alpha value is -5.25. The first-order valence-electron chi connectivity index (χ1n) is 16.1. The number of H-pyrrole nitrogens is 1. The standard InChI is InChI=1S/C32H38ClN9O7/c1-3-4-12-27-34-29(33)28(31(43)48-22(2)49-32(44)46-19-9-20-47-39-42(45)40-17-7-8-18-40)41(27)21-23-13-15-24(16-14-23)25-10-5-6-11-26(25)30-35-37-38-36-30/h5-6,10-11,13-16,22H,3-4,7-9,12,17-21H2,1-2H3,(H,35,36,37,38)/b42-39-. The van der Waals surface area contributed by atoms with Gasteiger partial charge in [0, 0.05) is 31.9 Å². The summed E-state index contributed by atoms with van der Waals surface area (Å²) in [6.45, 7) is 5.02. The SMILES string of the molecule is CCCCc1nc(Cl)c(C(=O)OC(C)OC(=O)OCCCO/N=[N+](\[O-])N2CCCC2)n1Cc1ccc(-c2ccccc2-c2nnn[nH]2)cc1. The van der Waals surface area contributed by atoms with Crippen molar-refractivity contribution in [2.75, 3.05) is 26.3 Å². The Labute approximate surface area is 287 Å². The number of esters is 1. The van der Waals surface area contributed by atoms with E-state index in [4.69, 9.17) is 30.6 Å². The number of rotatable bonds is 16. The van der Waals surface area contributed by atoms with Gasteiger partial charge in [0.2, 0.25) is 11.6 Å². The summed E-state index contributed by atoms with van der Waals surface area (Å²) in [5.74, 6) is 0.390. The van der Waals surface area contributed by atoms with Crippen LogP contribution in [0.15, 0.2) is 53.8 Å². The van der Waals surface area contributed by atoms with E-state index in [1.165, 1.54) is 11.9 Å². The number of unbranched alkanes of at least 4 members (excludes halogenated alkanes) is 1. The van der Waals surface area contributed by atoms with Crippen LogP contribution in [0.25, 0.3) is 22.5 Å². The maximum Gasteiger partial charge on any atom is 0.511 e. The second-order valence-electron chi connectivity index (χ2n) is 11.2. The smallest absolute Gasteiger partial charge is 0.511 e. The third kappa shape index (κ3) is 9.43. The third-order valence-corrected chi connectivity index (χ3v) is 7.94. The highest BCUT2D eigenvalue weighted by atomic mass is 35.5. The summed E-state index contributed by atoms with van der Waals surface area (Å²) in [6.07, 6.45) is 2.18. The molecule has 1 atom stereocenters. The topological polar surface area (TPSA) is 185 Å². The van der Waals surface area contributed by atoms with Crippen LogP contribution < -0.4 is 0 Å². The lowest BCUT2D eigenvalue weighted by molar-refractivity contribution is -0.707. The number of nitrogens with one attached hydrogen (secondary N) is 1. The molecule has 17 heteroatoms. The number of hydrogen-bond acceptors (Lipinski definition) is 12. The first kappa shape index (κ1) is 35.1. The molecule has 1 aliphatic heterocycles. The zero-order valence-electron chi connectivity index (χ0n) is 27.3. The number of imidazole rings is 1. The van der Waals surface area contributed by atoms with Crippen molar-refractivity contribution in [1.82, 2.24) is 35.2 Å². The molecule has 16 nitrogen and oxygen atoms in total. The van der Waals surface area contributed by atoms with Gasteiger partial charge in [-0.2, -0.15) is 0 Å². The number of halogens is 1. The van der Waals surface area contributed by atoms with Crippen LogP contribution in [-0.4, -0.2) is 84.9 Å². The van der Waals surface area contributed by atoms with Gasteiger partial charge in [0.1, 0.15) is 12.4 Å². The molecule has 4 aromatic rings. The van der Waals surface area contributed by atoms with E-state index in [-0.39, 0.29) is 30.5 Å². The Kier molecular flexibility index (Phi) is 12.3. The highest BCUT2D eigenvalue weighted by Crippen LogP contribution is 2.30. The molecule has 0 amide bonds. The van der Waals surface area contributed by atoms with Crippen molar-refractivity contribution in [2.45, 2.75) is 65.2 Å². The van der Waals surface area contributed by atoms with Crippen LogP contribution in [0.3, 0.4) is 0 Å². The quantitative estimate of drug-likeness (QED) is 0.0376. The van der Waals surface area contributed by atoms with Gasteiger partial charge < -0.3 is 28.8 Å². The summed E-state index contributed by atoms with van der Waals surface area (Å²) in [7, 11) is 0. The number of benzene rings is 2. The fourth-order valence-electron chi connectivity index (χ4n) is 5.24. The third-order valence-electron chi connectivity index (χ3n) is 7.67. The van der Waals surface area contributed by atoms with Gasteiger partial charge in [-0.25, -0.2) is 19.7 Å². The van der Waals surface area contributed by atoms with Crippen LogP contribution in [0.4, 0.5) is 4.79 Å². The maximum absolute atomic E-state index is 13.3. The van der Waals surface area contributed by atoms with Gasteiger partial charge in [0.25, 0.3) is 0 Å². The van der Waals surface area contributed by atoms with Crippen LogP contribution in [0.1, 0.15) is 67.8 Å². The predicted octanol–water partition coefficient (Wildman–Crippen LogP) is 5.73. The van der Waals surface area contributed by atoms with Gasteiger partial charge >= 0.3 is 12.1 Å². The molecule has 0 saturated carbocycles.